The minimum Gasteiger partial charge on any atom is -0.457 e. The maximum Gasteiger partial charge on any atom is 0.416 e. The van der Waals surface area contributed by atoms with Crippen LogP contribution in [-0.4, -0.2) is 20.9 Å². The molecule has 0 bridgehead atoms. The average molecular weight is 417 g/mol. The number of carbonyl (C=O) groups excluding carboxylic acids is 1. The summed E-state index contributed by atoms with van der Waals surface area (Å²) in [4.78, 5) is 24.1. The van der Waals surface area contributed by atoms with Crippen molar-refractivity contribution in [2.24, 2.45) is 0 Å². The fourth-order valence-electron chi connectivity index (χ4n) is 2.61. The Balaban J connectivity index is 1.64. The van der Waals surface area contributed by atoms with Crippen LogP contribution in [0.3, 0.4) is 0 Å². The molecule has 156 valence electrons. The molecule has 3 rings (SSSR count). The van der Waals surface area contributed by atoms with Crippen LogP contribution in [0.15, 0.2) is 48.5 Å². The molecule has 0 unspecified atom stereocenters. The fraction of sp³-hybridized carbons (Fsp3) is 0.200. The molecular formula is C20H18F3N5O2. The first-order valence-corrected chi connectivity index (χ1v) is 8.85. The lowest BCUT2D eigenvalue weighted by molar-refractivity contribution is -0.144. The Hall–Kier alpha value is -3.69. The molecular weight excluding hydrogens is 399 g/mol. The van der Waals surface area contributed by atoms with Crippen molar-refractivity contribution in [3.8, 4) is 0 Å². The molecule has 0 saturated carbocycles. The molecule has 7 nitrogen and oxygen atoms in total. The number of aromatic nitrogens is 3. The number of nitrogens with two attached hydrogens (primary N) is 1. The van der Waals surface area contributed by atoms with Crippen LogP contribution in [0.5, 0.6) is 0 Å². The second-order valence-electron chi connectivity index (χ2n) is 6.41. The van der Waals surface area contributed by atoms with E-state index in [0.717, 1.165) is 23.4 Å². The third-order valence-corrected chi connectivity index (χ3v) is 4.06. The highest BCUT2D eigenvalue weighted by Crippen LogP contribution is 2.29. The summed E-state index contributed by atoms with van der Waals surface area (Å²) in [6.07, 6.45) is -4.80. The highest BCUT2D eigenvalue weighted by Gasteiger charge is 2.30. The van der Waals surface area contributed by atoms with Gasteiger partial charge in [-0.05, 0) is 30.2 Å². The van der Waals surface area contributed by atoms with E-state index in [1.807, 2.05) is 31.2 Å². The van der Waals surface area contributed by atoms with E-state index in [0.29, 0.717) is 0 Å². The smallest absolute Gasteiger partial charge is 0.416 e. The third-order valence-electron chi connectivity index (χ3n) is 4.06. The number of aryl methyl sites for hydroxylation is 1. The molecule has 0 aliphatic carbocycles. The van der Waals surface area contributed by atoms with Crippen molar-refractivity contribution in [1.29, 1.82) is 0 Å². The predicted octanol–water partition coefficient (Wildman–Crippen LogP) is 3.81. The first kappa shape index (κ1) is 21.0. The number of alkyl halides is 3. The van der Waals surface area contributed by atoms with Gasteiger partial charge in [0.1, 0.15) is 0 Å². The maximum atomic E-state index is 12.8. The highest BCUT2D eigenvalue weighted by atomic mass is 19.4. The van der Waals surface area contributed by atoms with Crippen molar-refractivity contribution in [3.05, 3.63) is 71.0 Å². The van der Waals surface area contributed by atoms with Gasteiger partial charge in [0.25, 0.3) is 0 Å². The molecule has 1 heterocycles. The Morgan fingerprint density at radius 3 is 2.60 bits per heavy atom. The van der Waals surface area contributed by atoms with Crippen LogP contribution in [0.1, 0.15) is 22.5 Å². The molecule has 0 amide bonds. The molecule has 10 heteroatoms. The number of esters is 1. The predicted molar refractivity (Wildman–Crippen MR) is 104 cm³/mol. The van der Waals surface area contributed by atoms with Gasteiger partial charge in [-0.1, -0.05) is 36.4 Å². The monoisotopic (exact) mass is 417 g/mol. The molecule has 0 radical (unpaired) electrons. The van der Waals surface area contributed by atoms with Gasteiger partial charge in [0.15, 0.2) is 12.4 Å². The Kier molecular flexibility index (Phi) is 6.14. The lowest BCUT2D eigenvalue weighted by atomic mass is 10.1. The van der Waals surface area contributed by atoms with E-state index < -0.39 is 17.7 Å². The molecule has 0 aliphatic heterocycles. The van der Waals surface area contributed by atoms with Crippen LogP contribution >= 0.6 is 0 Å². The number of hydrogen-bond acceptors (Lipinski definition) is 7. The zero-order valence-electron chi connectivity index (χ0n) is 15.9. The van der Waals surface area contributed by atoms with E-state index in [1.165, 1.54) is 12.1 Å². The van der Waals surface area contributed by atoms with Gasteiger partial charge in [-0.15, -0.1) is 0 Å². The Morgan fingerprint density at radius 1 is 1.10 bits per heavy atom. The summed E-state index contributed by atoms with van der Waals surface area (Å²) in [6, 6.07) is 12.0. The standard InChI is InChI=1S/C20H18F3N5O2/c1-12-5-2-3-8-15(12)25-19-27-16(26-18(24)28-19)11-30-17(29)10-13-6-4-7-14(9-13)20(21,22)23/h2-9H,10-11H2,1H3,(H3,24,25,26,27,28). The normalized spacial score (nSPS) is 11.2. The second-order valence-corrected chi connectivity index (χ2v) is 6.41. The fourth-order valence-corrected chi connectivity index (χ4v) is 2.61. The maximum absolute atomic E-state index is 12.8. The number of rotatable bonds is 6. The number of nitrogen functional groups attached to an aromatic ring is 1. The van der Waals surface area contributed by atoms with Crippen molar-refractivity contribution in [2.75, 3.05) is 11.1 Å². The minimum atomic E-state index is -4.48. The van der Waals surface area contributed by atoms with Crippen molar-refractivity contribution in [2.45, 2.75) is 26.1 Å². The summed E-state index contributed by atoms with van der Waals surface area (Å²) in [5.41, 5.74) is 6.78. The number of nitrogens with zero attached hydrogens (tertiary/aromatic N) is 3. The van der Waals surface area contributed by atoms with Gasteiger partial charge in [-0.2, -0.15) is 28.1 Å². The Bertz CT molecular complexity index is 1060. The molecule has 0 spiro atoms. The quantitative estimate of drug-likeness (QED) is 0.588. The van der Waals surface area contributed by atoms with E-state index in [-0.39, 0.29) is 36.3 Å². The number of para-hydroxylation sites is 1. The van der Waals surface area contributed by atoms with Gasteiger partial charge in [0.05, 0.1) is 12.0 Å². The number of halogens is 3. The third kappa shape index (κ3) is 5.66. The van der Waals surface area contributed by atoms with E-state index in [1.54, 1.807) is 0 Å². The van der Waals surface area contributed by atoms with Crippen molar-refractivity contribution >= 4 is 23.6 Å². The van der Waals surface area contributed by atoms with Gasteiger partial charge in [0.2, 0.25) is 11.9 Å². The largest absolute Gasteiger partial charge is 0.457 e. The number of nitrogens with one attached hydrogen (secondary N) is 1. The van der Waals surface area contributed by atoms with Gasteiger partial charge in [-0.3, -0.25) is 4.79 Å². The van der Waals surface area contributed by atoms with Crippen LogP contribution in [0.2, 0.25) is 0 Å². The number of benzene rings is 2. The first-order valence-electron chi connectivity index (χ1n) is 8.85. The topological polar surface area (TPSA) is 103 Å². The summed E-state index contributed by atoms with van der Waals surface area (Å²) < 4.78 is 43.4. The summed E-state index contributed by atoms with van der Waals surface area (Å²) >= 11 is 0. The lowest BCUT2D eigenvalue weighted by Crippen LogP contribution is -2.13. The number of carbonyl (C=O) groups is 1. The van der Waals surface area contributed by atoms with Crippen LogP contribution in [0, 0.1) is 6.92 Å². The molecule has 2 aromatic carbocycles. The van der Waals surface area contributed by atoms with Crippen LogP contribution in [-0.2, 0) is 28.7 Å². The van der Waals surface area contributed by atoms with Gasteiger partial charge in [0, 0.05) is 5.69 Å². The highest BCUT2D eigenvalue weighted by molar-refractivity contribution is 5.72. The van der Waals surface area contributed by atoms with E-state index >= 15 is 0 Å². The van der Waals surface area contributed by atoms with Gasteiger partial charge >= 0.3 is 12.1 Å². The van der Waals surface area contributed by atoms with E-state index in [2.05, 4.69) is 20.3 Å². The summed E-state index contributed by atoms with van der Waals surface area (Å²) in [7, 11) is 0. The number of anilines is 3. The Labute approximate surface area is 170 Å². The van der Waals surface area contributed by atoms with Crippen molar-refractivity contribution in [3.63, 3.8) is 0 Å². The number of ether oxygens (including phenoxy) is 1. The van der Waals surface area contributed by atoms with Crippen LogP contribution in [0.25, 0.3) is 0 Å². The number of hydrogen-bond donors (Lipinski definition) is 2. The summed E-state index contributed by atoms with van der Waals surface area (Å²) in [6.45, 7) is 1.61. The zero-order valence-corrected chi connectivity index (χ0v) is 15.9. The minimum absolute atomic E-state index is 0.0648. The molecule has 1 aromatic heterocycles. The van der Waals surface area contributed by atoms with Crippen molar-refractivity contribution < 1.29 is 22.7 Å². The van der Waals surface area contributed by atoms with Crippen molar-refractivity contribution in [1.82, 2.24) is 15.0 Å². The summed E-state index contributed by atoms with van der Waals surface area (Å²) in [5, 5.41) is 3.01. The molecule has 0 fully saturated rings. The molecule has 3 N–H and O–H groups in total. The van der Waals surface area contributed by atoms with Crippen LogP contribution < -0.4 is 11.1 Å². The lowest BCUT2D eigenvalue weighted by Gasteiger charge is -2.10. The SMILES string of the molecule is Cc1ccccc1Nc1nc(N)nc(COC(=O)Cc2cccc(C(F)(F)F)c2)n1. The second kappa shape index (κ2) is 8.76. The van der Waals surface area contributed by atoms with Gasteiger partial charge in [-0.25, -0.2) is 0 Å². The molecule has 0 saturated heterocycles. The average Bonchev–Trinajstić information content (AvgIpc) is 2.67. The molecule has 0 aliphatic rings. The molecule has 0 atom stereocenters. The van der Waals surface area contributed by atoms with Crippen LogP contribution in [0.4, 0.5) is 30.8 Å². The summed E-state index contributed by atoms with van der Waals surface area (Å²) in [5.74, 6) is -0.497. The van der Waals surface area contributed by atoms with E-state index in [9.17, 15) is 18.0 Å². The Morgan fingerprint density at radius 2 is 1.87 bits per heavy atom. The molecule has 3 aromatic rings. The first-order chi connectivity index (χ1) is 14.2. The van der Waals surface area contributed by atoms with Gasteiger partial charge < -0.3 is 15.8 Å². The molecule has 30 heavy (non-hydrogen) atoms. The zero-order chi connectivity index (χ0) is 21.7. The van der Waals surface area contributed by atoms with E-state index in [4.69, 9.17) is 10.5 Å².